The second kappa shape index (κ2) is 6.16. The maximum Gasteiger partial charge on any atom is 0.137 e. The second-order valence-electron chi connectivity index (χ2n) is 4.07. The molecular formula is C13H16ClN3S. The average Bonchev–Trinajstić information content (AvgIpc) is 2.88. The summed E-state index contributed by atoms with van der Waals surface area (Å²) in [5.74, 6) is 0.939. The summed E-state index contributed by atoms with van der Waals surface area (Å²) in [6.45, 7) is 3.00. The normalized spacial score (nSPS) is 10.6. The van der Waals surface area contributed by atoms with E-state index in [9.17, 15) is 0 Å². The fourth-order valence-electron chi connectivity index (χ4n) is 1.85. The van der Waals surface area contributed by atoms with E-state index in [0.29, 0.717) is 5.15 Å². The predicted octanol–water partition coefficient (Wildman–Crippen LogP) is 3.43. The molecule has 0 amide bonds. The third kappa shape index (κ3) is 3.00. The van der Waals surface area contributed by atoms with Crippen molar-refractivity contribution in [1.29, 1.82) is 0 Å². The Bertz CT molecular complexity index is 499. The molecule has 0 N–H and O–H groups in total. The van der Waals surface area contributed by atoms with Crippen molar-refractivity contribution in [3.8, 4) is 0 Å². The minimum atomic E-state index is 0.561. The van der Waals surface area contributed by atoms with Gasteiger partial charge in [-0.25, -0.2) is 9.97 Å². The molecular weight excluding hydrogens is 266 g/mol. The van der Waals surface area contributed by atoms with Crippen molar-refractivity contribution in [1.82, 2.24) is 9.97 Å². The van der Waals surface area contributed by atoms with Gasteiger partial charge in [-0.2, -0.15) is 0 Å². The maximum absolute atomic E-state index is 6.10. The first kappa shape index (κ1) is 13.3. The molecule has 0 bridgehead atoms. The Kier molecular flexibility index (Phi) is 4.55. The third-order valence-corrected chi connectivity index (χ3v) is 4.12. The summed E-state index contributed by atoms with van der Waals surface area (Å²) < 4.78 is 0. The third-order valence-electron chi connectivity index (χ3n) is 2.86. The minimum Gasteiger partial charge on any atom is -0.359 e. The number of halogens is 1. The molecule has 0 aromatic carbocycles. The van der Waals surface area contributed by atoms with Gasteiger partial charge in [0.25, 0.3) is 0 Å². The second-order valence-corrected chi connectivity index (χ2v) is 5.46. The maximum atomic E-state index is 6.10. The van der Waals surface area contributed by atoms with Gasteiger partial charge in [-0.05, 0) is 24.3 Å². The zero-order valence-corrected chi connectivity index (χ0v) is 12.1. The Balaban J connectivity index is 2.08. The quantitative estimate of drug-likeness (QED) is 0.786. The van der Waals surface area contributed by atoms with Crippen LogP contribution in [-0.2, 0) is 12.8 Å². The van der Waals surface area contributed by atoms with Crippen LogP contribution in [0.15, 0.2) is 23.8 Å². The fourth-order valence-corrected chi connectivity index (χ4v) is 2.81. The van der Waals surface area contributed by atoms with E-state index in [1.165, 1.54) is 11.2 Å². The molecule has 0 saturated carbocycles. The first-order valence-corrected chi connectivity index (χ1v) is 7.21. The standard InChI is InChI=1S/C13H16ClN3S/c1-3-11-12(14)15-9-16-13(11)17(2)7-6-10-5-4-8-18-10/h4-5,8-9H,3,6-7H2,1-2H3. The number of thiophene rings is 1. The van der Waals surface area contributed by atoms with Crippen molar-refractivity contribution in [3.63, 3.8) is 0 Å². The lowest BCUT2D eigenvalue weighted by molar-refractivity contribution is 0.849. The molecule has 18 heavy (non-hydrogen) atoms. The van der Waals surface area contributed by atoms with E-state index in [1.807, 2.05) is 7.05 Å². The van der Waals surface area contributed by atoms with Crippen molar-refractivity contribution >= 4 is 28.8 Å². The monoisotopic (exact) mass is 281 g/mol. The van der Waals surface area contributed by atoms with E-state index in [0.717, 1.165) is 30.8 Å². The van der Waals surface area contributed by atoms with Crippen LogP contribution in [0.5, 0.6) is 0 Å². The van der Waals surface area contributed by atoms with Crippen LogP contribution in [0, 0.1) is 0 Å². The van der Waals surface area contributed by atoms with E-state index >= 15 is 0 Å². The first-order chi connectivity index (χ1) is 8.72. The Labute approximate surface area is 116 Å². The predicted molar refractivity (Wildman–Crippen MR) is 77.7 cm³/mol. The van der Waals surface area contributed by atoms with Crippen LogP contribution in [0.3, 0.4) is 0 Å². The molecule has 0 fully saturated rings. The van der Waals surface area contributed by atoms with Crippen LogP contribution in [0.2, 0.25) is 5.15 Å². The molecule has 3 nitrogen and oxygen atoms in total. The lowest BCUT2D eigenvalue weighted by Crippen LogP contribution is -2.22. The van der Waals surface area contributed by atoms with E-state index in [1.54, 1.807) is 11.3 Å². The Morgan fingerprint density at radius 2 is 2.22 bits per heavy atom. The van der Waals surface area contributed by atoms with Gasteiger partial charge in [0.2, 0.25) is 0 Å². The van der Waals surface area contributed by atoms with Gasteiger partial charge in [-0.1, -0.05) is 24.6 Å². The Morgan fingerprint density at radius 1 is 1.39 bits per heavy atom. The topological polar surface area (TPSA) is 29.0 Å². The summed E-state index contributed by atoms with van der Waals surface area (Å²) in [5, 5.41) is 2.67. The smallest absolute Gasteiger partial charge is 0.137 e. The molecule has 0 unspecified atom stereocenters. The van der Waals surface area contributed by atoms with Crippen molar-refractivity contribution in [3.05, 3.63) is 39.4 Å². The van der Waals surface area contributed by atoms with E-state index in [2.05, 4.69) is 39.3 Å². The van der Waals surface area contributed by atoms with Crippen LogP contribution in [0.4, 0.5) is 5.82 Å². The molecule has 0 aliphatic rings. The Hall–Kier alpha value is -1.13. The SMILES string of the molecule is CCc1c(Cl)ncnc1N(C)CCc1cccs1. The zero-order valence-electron chi connectivity index (χ0n) is 10.6. The molecule has 0 saturated heterocycles. The fraction of sp³-hybridized carbons (Fsp3) is 0.385. The van der Waals surface area contributed by atoms with Gasteiger partial charge in [0.1, 0.15) is 17.3 Å². The van der Waals surface area contributed by atoms with Gasteiger partial charge in [-0.15, -0.1) is 11.3 Å². The molecule has 2 aromatic rings. The highest BCUT2D eigenvalue weighted by atomic mass is 35.5. The highest BCUT2D eigenvalue weighted by Gasteiger charge is 2.12. The Morgan fingerprint density at radius 3 is 2.89 bits per heavy atom. The highest BCUT2D eigenvalue weighted by molar-refractivity contribution is 7.09. The molecule has 0 spiro atoms. The number of rotatable bonds is 5. The summed E-state index contributed by atoms with van der Waals surface area (Å²) in [4.78, 5) is 11.9. The number of nitrogens with zero attached hydrogens (tertiary/aromatic N) is 3. The van der Waals surface area contributed by atoms with Gasteiger partial charge in [0, 0.05) is 24.0 Å². The van der Waals surface area contributed by atoms with E-state index in [-0.39, 0.29) is 0 Å². The van der Waals surface area contributed by atoms with Crippen LogP contribution in [-0.4, -0.2) is 23.6 Å². The van der Waals surface area contributed by atoms with Crippen LogP contribution in [0.25, 0.3) is 0 Å². The molecule has 0 aliphatic heterocycles. The largest absolute Gasteiger partial charge is 0.359 e. The number of hydrogen-bond acceptors (Lipinski definition) is 4. The molecule has 2 rings (SSSR count). The summed E-state index contributed by atoms with van der Waals surface area (Å²) >= 11 is 7.89. The lowest BCUT2D eigenvalue weighted by atomic mass is 10.2. The lowest BCUT2D eigenvalue weighted by Gasteiger charge is -2.20. The van der Waals surface area contributed by atoms with E-state index < -0.39 is 0 Å². The van der Waals surface area contributed by atoms with Crippen LogP contribution in [0.1, 0.15) is 17.4 Å². The summed E-state index contributed by atoms with van der Waals surface area (Å²) in [6.07, 6.45) is 3.40. The van der Waals surface area contributed by atoms with Gasteiger partial charge >= 0.3 is 0 Å². The summed E-state index contributed by atoms with van der Waals surface area (Å²) in [7, 11) is 2.05. The molecule has 0 atom stereocenters. The average molecular weight is 282 g/mol. The molecule has 2 aromatic heterocycles. The van der Waals surface area contributed by atoms with Gasteiger partial charge in [0.05, 0.1) is 0 Å². The molecule has 0 aliphatic carbocycles. The number of aromatic nitrogens is 2. The van der Waals surface area contributed by atoms with Crippen molar-refractivity contribution in [2.45, 2.75) is 19.8 Å². The number of hydrogen-bond donors (Lipinski definition) is 0. The molecule has 5 heteroatoms. The summed E-state index contributed by atoms with van der Waals surface area (Å²) in [6, 6.07) is 4.24. The van der Waals surface area contributed by atoms with Crippen molar-refractivity contribution in [2.24, 2.45) is 0 Å². The van der Waals surface area contributed by atoms with Gasteiger partial charge < -0.3 is 4.90 Å². The van der Waals surface area contributed by atoms with Gasteiger partial charge in [0.15, 0.2) is 0 Å². The van der Waals surface area contributed by atoms with Crippen LogP contribution >= 0.6 is 22.9 Å². The zero-order chi connectivity index (χ0) is 13.0. The van der Waals surface area contributed by atoms with Crippen LogP contribution < -0.4 is 4.90 Å². The molecule has 0 radical (unpaired) electrons. The van der Waals surface area contributed by atoms with E-state index in [4.69, 9.17) is 11.6 Å². The first-order valence-electron chi connectivity index (χ1n) is 5.95. The summed E-state index contributed by atoms with van der Waals surface area (Å²) in [5.41, 5.74) is 1.02. The van der Waals surface area contributed by atoms with Gasteiger partial charge in [-0.3, -0.25) is 0 Å². The van der Waals surface area contributed by atoms with Crippen molar-refractivity contribution in [2.75, 3.05) is 18.5 Å². The number of anilines is 1. The highest BCUT2D eigenvalue weighted by Crippen LogP contribution is 2.23. The minimum absolute atomic E-state index is 0.561. The van der Waals surface area contributed by atoms with Crippen molar-refractivity contribution < 1.29 is 0 Å². The molecule has 2 heterocycles. The molecule has 96 valence electrons. The number of likely N-dealkylation sites (N-methyl/N-ethyl adjacent to an activating group) is 1.